The Morgan fingerprint density at radius 2 is 1.85 bits per heavy atom. The second-order valence-corrected chi connectivity index (χ2v) is 8.92. The fourth-order valence-corrected chi connectivity index (χ4v) is 4.07. The Kier molecular flexibility index (Phi) is 8.29. The molecule has 0 atom stereocenters. The van der Waals surface area contributed by atoms with E-state index < -0.39 is 6.29 Å². The minimum Gasteiger partial charge on any atom is -0.352 e. The number of anilines is 1. The molecular formula is C28H28FN7O3. The monoisotopic (exact) mass is 529 g/mol. The van der Waals surface area contributed by atoms with E-state index >= 15 is 0 Å². The van der Waals surface area contributed by atoms with Gasteiger partial charge in [0.2, 0.25) is 11.9 Å². The van der Waals surface area contributed by atoms with Crippen molar-refractivity contribution in [1.82, 2.24) is 30.2 Å². The normalized spacial score (nSPS) is 16.9. The van der Waals surface area contributed by atoms with E-state index in [0.717, 1.165) is 11.1 Å². The summed E-state index contributed by atoms with van der Waals surface area (Å²) < 4.78 is 25.3. The molecule has 0 spiro atoms. The lowest BCUT2D eigenvalue weighted by atomic mass is 10.1. The average molecular weight is 530 g/mol. The van der Waals surface area contributed by atoms with Crippen molar-refractivity contribution in [3.8, 4) is 22.6 Å². The van der Waals surface area contributed by atoms with Crippen LogP contribution in [0, 0.1) is 11.7 Å². The predicted molar refractivity (Wildman–Crippen MR) is 143 cm³/mol. The first-order valence-corrected chi connectivity index (χ1v) is 12.5. The number of aromatic amines is 1. The lowest BCUT2D eigenvalue weighted by molar-refractivity contribution is -0.200. The number of carbonyl (C=O) groups is 1. The summed E-state index contributed by atoms with van der Waals surface area (Å²) in [7, 11) is 0. The van der Waals surface area contributed by atoms with E-state index in [1.54, 1.807) is 42.9 Å². The molecule has 5 rings (SSSR count). The average Bonchev–Trinajstić information content (AvgIpc) is 3.40. The molecule has 4 aromatic rings. The van der Waals surface area contributed by atoms with E-state index in [9.17, 15) is 9.18 Å². The van der Waals surface area contributed by atoms with E-state index in [2.05, 4.69) is 37.1 Å². The summed E-state index contributed by atoms with van der Waals surface area (Å²) in [4.78, 5) is 33.3. The molecule has 39 heavy (non-hydrogen) atoms. The molecule has 0 bridgehead atoms. The summed E-state index contributed by atoms with van der Waals surface area (Å²) in [5.74, 6) is 0.196. The maximum atomic E-state index is 13.6. The summed E-state index contributed by atoms with van der Waals surface area (Å²) in [5.41, 5.74) is 3.65. The smallest absolute Gasteiger partial charge is 0.228 e. The van der Waals surface area contributed by atoms with Crippen LogP contribution < -0.4 is 10.6 Å². The first-order valence-electron chi connectivity index (χ1n) is 12.5. The van der Waals surface area contributed by atoms with E-state index in [1.807, 2.05) is 12.1 Å². The fourth-order valence-electron chi connectivity index (χ4n) is 4.07. The number of nitrogens with zero attached hydrogens (tertiary/aromatic N) is 4. The van der Waals surface area contributed by atoms with Crippen LogP contribution in [0.4, 0.5) is 10.3 Å². The number of ether oxygens (including phenoxy) is 2. The van der Waals surface area contributed by atoms with E-state index in [4.69, 9.17) is 14.5 Å². The Balaban J connectivity index is 1.34. The van der Waals surface area contributed by atoms with Crippen LogP contribution in [0.15, 0.2) is 73.7 Å². The molecule has 0 saturated carbocycles. The Morgan fingerprint density at radius 3 is 2.59 bits per heavy atom. The second-order valence-electron chi connectivity index (χ2n) is 8.92. The van der Waals surface area contributed by atoms with Gasteiger partial charge in [-0.05, 0) is 48.0 Å². The third kappa shape index (κ3) is 6.70. The molecule has 200 valence electrons. The highest BCUT2D eigenvalue weighted by Crippen LogP contribution is 2.30. The number of H-pyrrole nitrogens is 1. The Morgan fingerprint density at radius 1 is 1.08 bits per heavy atom. The number of pyridine rings is 1. The number of aromatic nitrogens is 5. The van der Waals surface area contributed by atoms with Crippen molar-refractivity contribution >= 4 is 11.9 Å². The van der Waals surface area contributed by atoms with Gasteiger partial charge in [0.15, 0.2) is 6.29 Å². The largest absolute Gasteiger partial charge is 0.352 e. The molecule has 1 aliphatic heterocycles. The number of amides is 1. The number of benzene rings is 1. The number of rotatable bonds is 10. The summed E-state index contributed by atoms with van der Waals surface area (Å²) in [5, 5.41) is 5.98. The SMILES string of the molecule is C=CCNC(=O)C1COC(Cc2nc(-c3ccc(F)cc3)c(-c3ccnc(NCc4ccncc4)n3)[nH]2)OC1. The van der Waals surface area contributed by atoms with Crippen LogP contribution in [0.1, 0.15) is 11.4 Å². The summed E-state index contributed by atoms with van der Waals surface area (Å²) >= 11 is 0. The zero-order valence-electron chi connectivity index (χ0n) is 21.1. The van der Waals surface area contributed by atoms with Gasteiger partial charge in [-0.2, -0.15) is 0 Å². The van der Waals surface area contributed by atoms with Crippen LogP contribution in [0.2, 0.25) is 0 Å². The molecule has 0 unspecified atom stereocenters. The molecule has 1 aromatic carbocycles. The van der Waals surface area contributed by atoms with Crippen molar-refractivity contribution in [2.24, 2.45) is 5.92 Å². The molecule has 3 N–H and O–H groups in total. The van der Waals surface area contributed by atoms with Crippen LogP contribution in [0.25, 0.3) is 22.6 Å². The van der Waals surface area contributed by atoms with Gasteiger partial charge < -0.3 is 25.1 Å². The van der Waals surface area contributed by atoms with Gasteiger partial charge in [0.05, 0.1) is 42.6 Å². The number of imidazole rings is 1. The van der Waals surface area contributed by atoms with Gasteiger partial charge >= 0.3 is 0 Å². The van der Waals surface area contributed by atoms with Gasteiger partial charge in [-0.15, -0.1) is 6.58 Å². The first kappa shape index (κ1) is 26.1. The van der Waals surface area contributed by atoms with Crippen molar-refractivity contribution in [3.63, 3.8) is 0 Å². The van der Waals surface area contributed by atoms with Gasteiger partial charge in [0.1, 0.15) is 11.6 Å². The van der Waals surface area contributed by atoms with Gasteiger partial charge in [0, 0.05) is 37.2 Å². The Hall–Kier alpha value is -4.48. The van der Waals surface area contributed by atoms with E-state index in [-0.39, 0.29) is 30.9 Å². The van der Waals surface area contributed by atoms with Gasteiger partial charge in [-0.3, -0.25) is 9.78 Å². The predicted octanol–water partition coefficient (Wildman–Crippen LogP) is 3.51. The minimum absolute atomic E-state index is 0.135. The maximum absolute atomic E-state index is 13.6. The van der Waals surface area contributed by atoms with Crippen LogP contribution in [-0.4, -0.2) is 56.9 Å². The lowest BCUT2D eigenvalue weighted by Crippen LogP contribution is -2.42. The Bertz CT molecular complexity index is 1400. The second kappa shape index (κ2) is 12.4. The van der Waals surface area contributed by atoms with Crippen molar-refractivity contribution < 1.29 is 18.7 Å². The first-order chi connectivity index (χ1) is 19.1. The van der Waals surface area contributed by atoms with Gasteiger partial charge in [-0.1, -0.05) is 6.08 Å². The molecule has 3 aromatic heterocycles. The van der Waals surface area contributed by atoms with Gasteiger partial charge in [-0.25, -0.2) is 19.3 Å². The highest BCUT2D eigenvalue weighted by molar-refractivity contribution is 5.79. The molecule has 1 fully saturated rings. The lowest BCUT2D eigenvalue weighted by Gasteiger charge is -2.28. The van der Waals surface area contributed by atoms with Crippen LogP contribution in [0.3, 0.4) is 0 Å². The number of nitrogens with one attached hydrogen (secondary N) is 3. The van der Waals surface area contributed by atoms with Crippen molar-refractivity contribution in [2.75, 3.05) is 25.1 Å². The van der Waals surface area contributed by atoms with Crippen molar-refractivity contribution in [2.45, 2.75) is 19.3 Å². The molecule has 0 aliphatic carbocycles. The van der Waals surface area contributed by atoms with Gasteiger partial charge in [0.25, 0.3) is 0 Å². The van der Waals surface area contributed by atoms with E-state index in [1.165, 1.54) is 12.1 Å². The number of halogens is 1. The number of hydrogen-bond donors (Lipinski definition) is 3. The standard InChI is InChI=1S/C28H28FN7O3/c1-2-10-31-27(37)20-16-38-24(39-17-20)14-23-35-25(19-3-5-21(29)6-4-19)26(36-23)22-9-13-32-28(34-22)33-15-18-7-11-30-12-8-18/h2-9,11-13,20,24H,1,10,14-17H2,(H,31,37)(H,35,36)(H,32,33,34). The molecule has 10 nitrogen and oxygen atoms in total. The van der Waals surface area contributed by atoms with Crippen LogP contribution >= 0.6 is 0 Å². The third-order valence-electron chi connectivity index (χ3n) is 6.10. The number of carbonyl (C=O) groups excluding carboxylic acids is 1. The molecule has 4 heterocycles. The topological polar surface area (TPSA) is 127 Å². The zero-order chi connectivity index (χ0) is 27.0. The Labute approximate surface area is 224 Å². The zero-order valence-corrected chi connectivity index (χ0v) is 21.1. The summed E-state index contributed by atoms with van der Waals surface area (Å²) in [6, 6.07) is 11.7. The maximum Gasteiger partial charge on any atom is 0.228 e. The summed E-state index contributed by atoms with van der Waals surface area (Å²) in [6.07, 6.45) is 6.50. The third-order valence-corrected chi connectivity index (χ3v) is 6.10. The molecule has 1 amide bonds. The van der Waals surface area contributed by atoms with Crippen molar-refractivity contribution in [3.05, 3.63) is 90.9 Å². The quantitative estimate of drug-likeness (QED) is 0.267. The van der Waals surface area contributed by atoms with Crippen molar-refractivity contribution in [1.29, 1.82) is 0 Å². The fraction of sp³-hybridized carbons (Fsp3) is 0.250. The van der Waals surface area contributed by atoms with E-state index in [0.29, 0.717) is 48.4 Å². The molecular weight excluding hydrogens is 501 g/mol. The molecule has 0 radical (unpaired) electrons. The highest BCUT2D eigenvalue weighted by Gasteiger charge is 2.28. The summed E-state index contributed by atoms with van der Waals surface area (Å²) in [6.45, 7) is 5.01. The molecule has 11 heteroatoms. The highest BCUT2D eigenvalue weighted by atomic mass is 19.1. The van der Waals surface area contributed by atoms with Crippen LogP contribution in [-0.2, 0) is 27.2 Å². The molecule has 1 aliphatic rings. The van der Waals surface area contributed by atoms with Crippen LogP contribution in [0.5, 0.6) is 0 Å². The minimum atomic E-state index is -0.573. The molecule has 1 saturated heterocycles. The number of hydrogen-bond acceptors (Lipinski definition) is 8.